The summed E-state index contributed by atoms with van der Waals surface area (Å²) in [6.45, 7) is 15.2. The van der Waals surface area contributed by atoms with Gasteiger partial charge in [-0.15, -0.1) is 0 Å². The van der Waals surface area contributed by atoms with Crippen molar-refractivity contribution in [2.45, 2.75) is 73.3 Å². The smallest absolute Gasteiger partial charge is 0.259 e. The summed E-state index contributed by atoms with van der Waals surface area (Å²) in [5.41, 5.74) is 0.241. The number of anilines is 1. The average Bonchev–Trinajstić information content (AvgIpc) is 2.73. The fourth-order valence-electron chi connectivity index (χ4n) is 3.87. The molecule has 1 aromatic rings. The molecule has 2 atom stereocenters. The molecule has 188 valence electrons. The highest BCUT2D eigenvalue weighted by atomic mass is 16.5. The second-order valence-corrected chi connectivity index (χ2v) is 10.2. The number of hydrogen-bond donors (Lipinski definition) is 2. The van der Waals surface area contributed by atoms with E-state index in [0.29, 0.717) is 62.3 Å². The van der Waals surface area contributed by atoms with Gasteiger partial charge in [-0.2, -0.15) is 0 Å². The molecule has 2 N–H and O–H groups in total. The number of rotatable bonds is 10. The maximum atomic E-state index is 13.8. The van der Waals surface area contributed by atoms with Crippen LogP contribution in [-0.4, -0.2) is 72.5 Å². The van der Waals surface area contributed by atoms with E-state index in [1.54, 1.807) is 20.2 Å². The van der Waals surface area contributed by atoms with Crippen molar-refractivity contribution in [1.29, 1.82) is 0 Å². The van der Waals surface area contributed by atoms with E-state index in [-0.39, 0.29) is 36.5 Å². The molecule has 8 nitrogen and oxygen atoms in total. The highest BCUT2D eigenvalue weighted by molar-refractivity contribution is 5.98. The lowest BCUT2D eigenvalue weighted by Gasteiger charge is -2.38. The quantitative estimate of drug-likeness (QED) is 0.513. The number of amides is 1. The summed E-state index contributed by atoms with van der Waals surface area (Å²) in [7, 11) is 1.67. The first kappa shape index (κ1) is 29.0. The van der Waals surface area contributed by atoms with E-state index in [1.807, 2.05) is 4.90 Å². The monoisotopic (exact) mass is 463 g/mol. The Balaban J connectivity index is 0.00000544. The lowest BCUT2D eigenvalue weighted by atomic mass is 9.91. The lowest BCUT2D eigenvalue weighted by molar-refractivity contribution is -0.121. The molecule has 8 heteroatoms. The topological polar surface area (TPSA) is 96.4 Å². The van der Waals surface area contributed by atoms with E-state index in [2.05, 4.69) is 50.2 Å². The number of methoxy groups -OCH3 is 1. The van der Waals surface area contributed by atoms with Gasteiger partial charge in [-0.1, -0.05) is 42.0 Å². The van der Waals surface area contributed by atoms with Crippen LogP contribution in [-0.2, 0) is 14.9 Å². The van der Waals surface area contributed by atoms with Crippen LogP contribution in [0, 0.1) is 11.8 Å². The zero-order valence-corrected chi connectivity index (χ0v) is 20.8. The number of carbonyl (C=O) groups excluding carboxylic acids is 2. The van der Waals surface area contributed by atoms with Gasteiger partial charge >= 0.3 is 0 Å². The first-order chi connectivity index (χ1) is 15.0. The minimum atomic E-state index is -0.232. The Hall–Kier alpha value is -2.06. The maximum Gasteiger partial charge on any atom is 0.259 e. The third-order valence-corrected chi connectivity index (χ3v) is 5.67. The van der Waals surface area contributed by atoms with Gasteiger partial charge < -0.3 is 20.3 Å². The number of piperidine rings is 1. The number of Topliss-reactive ketones (excluding diaryl/α,β-unsaturated/α-hetero) is 1. The standard InChI is InChI=1S/C24H41N5O3.CH4/c1-16(2)15-29(19-11-18(17(3)30)12-25-13-19)22(31)20-14-27-23(24(4,5)6)28-21(20)26-9-8-10-32-7;/h14,16,18-19,25H,8-13,15H2,1-7H3,(H,26,27,28);1H4/t18-,19+;/m1./s1. The molecule has 0 unspecified atom stereocenters. The Bertz CT molecular complexity index is 776. The van der Waals surface area contributed by atoms with Crippen molar-refractivity contribution in [1.82, 2.24) is 20.2 Å². The largest absolute Gasteiger partial charge is 0.385 e. The minimum Gasteiger partial charge on any atom is -0.385 e. The van der Waals surface area contributed by atoms with Crippen LogP contribution in [0.3, 0.4) is 0 Å². The number of carbonyl (C=O) groups is 2. The van der Waals surface area contributed by atoms with Crippen molar-refractivity contribution in [3.63, 3.8) is 0 Å². The van der Waals surface area contributed by atoms with Gasteiger partial charge in [0.1, 0.15) is 23.0 Å². The van der Waals surface area contributed by atoms with Crippen LogP contribution in [0.5, 0.6) is 0 Å². The molecule has 0 spiro atoms. The summed E-state index contributed by atoms with van der Waals surface area (Å²) >= 11 is 0. The van der Waals surface area contributed by atoms with Crippen molar-refractivity contribution < 1.29 is 14.3 Å². The Morgan fingerprint density at radius 3 is 2.58 bits per heavy atom. The zero-order valence-electron chi connectivity index (χ0n) is 20.8. The number of aromatic nitrogens is 2. The lowest BCUT2D eigenvalue weighted by Crippen LogP contribution is -2.53. The van der Waals surface area contributed by atoms with Crippen LogP contribution < -0.4 is 10.6 Å². The summed E-state index contributed by atoms with van der Waals surface area (Å²) in [6, 6.07) is -0.0452. The molecule has 1 fully saturated rings. The molecule has 1 aliphatic rings. The molecule has 1 saturated heterocycles. The van der Waals surface area contributed by atoms with Crippen molar-refractivity contribution in [2.24, 2.45) is 11.8 Å². The summed E-state index contributed by atoms with van der Waals surface area (Å²) < 4.78 is 5.14. The third-order valence-electron chi connectivity index (χ3n) is 5.67. The number of ether oxygens (including phenoxy) is 1. The molecular weight excluding hydrogens is 418 g/mol. The molecule has 0 saturated carbocycles. The van der Waals surface area contributed by atoms with E-state index in [4.69, 9.17) is 9.72 Å². The zero-order chi connectivity index (χ0) is 23.9. The Labute approximate surface area is 200 Å². The normalized spacial score (nSPS) is 18.5. The molecule has 0 radical (unpaired) electrons. The van der Waals surface area contributed by atoms with Gasteiger partial charge in [0, 0.05) is 63.5 Å². The molecule has 0 aliphatic carbocycles. The van der Waals surface area contributed by atoms with Gasteiger partial charge in [-0.3, -0.25) is 9.59 Å². The molecular formula is C25H45N5O3. The molecule has 1 aromatic heterocycles. The summed E-state index contributed by atoms with van der Waals surface area (Å²) in [6.07, 6.45) is 3.14. The second kappa shape index (κ2) is 13.0. The molecule has 33 heavy (non-hydrogen) atoms. The van der Waals surface area contributed by atoms with E-state index in [1.165, 1.54) is 0 Å². The Morgan fingerprint density at radius 1 is 1.30 bits per heavy atom. The predicted octanol–water partition coefficient (Wildman–Crippen LogP) is 3.52. The van der Waals surface area contributed by atoms with E-state index < -0.39 is 0 Å². The number of ketones is 1. The minimum absolute atomic E-state index is 0. The van der Waals surface area contributed by atoms with Crippen LogP contribution >= 0.6 is 0 Å². The SMILES string of the molecule is C.COCCCNc1nc(C(C)(C)C)ncc1C(=O)N(CC(C)C)[C@@H]1CNC[C@H](C(C)=O)C1. The summed E-state index contributed by atoms with van der Waals surface area (Å²) in [4.78, 5) is 37.0. The van der Waals surface area contributed by atoms with Gasteiger partial charge in [0.25, 0.3) is 5.91 Å². The predicted molar refractivity (Wildman–Crippen MR) is 134 cm³/mol. The third kappa shape index (κ3) is 8.34. The van der Waals surface area contributed by atoms with Crippen molar-refractivity contribution in [3.05, 3.63) is 17.6 Å². The highest BCUT2D eigenvalue weighted by Crippen LogP contribution is 2.25. The molecule has 2 rings (SSSR count). The van der Waals surface area contributed by atoms with Crippen molar-refractivity contribution in [2.75, 3.05) is 45.2 Å². The van der Waals surface area contributed by atoms with Gasteiger partial charge in [0.2, 0.25) is 0 Å². The first-order valence-electron chi connectivity index (χ1n) is 11.7. The summed E-state index contributed by atoms with van der Waals surface area (Å²) in [5.74, 6) is 1.55. The average molecular weight is 464 g/mol. The fraction of sp³-hybridized carbons (Fsp3) is 0.760. The van der Waals surface area contributed by atoms with Crippen LogP contribution in [0.4, 0.5) is 5.82 Å². The van der Waals surface area contributed by atoms with Crippen LogP contribution in [0.2, 0.25) is 0 Å². The van der Waals surface area contributed by atoms with E-state index in [9.17, 15) is 9.59 Å². The Morgan fingerprint density at radius 2 is 2.00 bits per heavy atom. The van der Waals surface area contributed by atoms with E-state index in [0.717, 1.165) is 6.42 Å². The summed E-state index contributed by atoms with van der Waals surface area (Å²) in [5, 5.41) is 6.67. The van der Waals surface area contributed by atoms with Crippen molar-refractivity contribution >= 4 is 17.5 Å². The first-order valence-corrected chi connectivity index (χ1v) is 11.7. The molecule has 0 aromatic carbocycles. The van der Waals surface area contributed by atoms with Gasteiger partial charge in [-0.05, 0) is 25.7 Å². The van der Waals surface area contributed by atoms with E-state index >= 15 is 0 Å². The Kier molecular flexibility index (Phi) is 11.4. The van der Waals surface area contributed by atoms with Crippen LogP contribution in [0.25, 0.3) is 0 Å². The maximum absolute atomic E-state index is 13.8. The number of hydrogen-bond acceptors (Lipinski definition) is 7. The molecule has 2 heterocycles. The molecule has 1 aliphatic heterocycles. The number of nitrogens with zero attached hydrogens (tertiary/aromatic N) is 3. The van der Waals surface area contributed by atoms with Gasteiger partial charge in [-0.25, -0.2) is 9.97 Å². The molecule has 1 amide bonds. The number of nitrogens with one attached hydrogen (secondary N) is 2. The van der Waals surface area contributed by atoms with Gasteiger partial charge in [0.15, 0.2) is 0 Å². The molecule has 0 bridgehead atoms. The second-order valence-electron chi connectivity index (χ2n) is 10.2. The van der Waals surface area contributed by atoms with Gasteiger partial charge in [0.05, 0.1) is 0 Å². The van der Waals surface area contributed by atoms with Crippen molar-refractivity contribution in [3.8, 4) is 0 Å². The van der Waals surface area contributed by atoms with Crippen LogP contribution in [0.1, 0.15) is 78.0 Å². The highest BCUT2D eigenvalue weighted by Gasteiger charge is 2.33. The fourth-order valence-corrected chi connectivity index (χ4v) is 3.87. The van der Waals surface area contributed by atoms with Crippen LogP contribution in [0.15, 0.2) is 6.20 Å².